The van der Waals surface area contributed by atoms with E-state index >= 15 is 0 Å². The number of rotatable bonds is 4. The largest absolute Gasteiger partial charge is 0.342 e. The lowest BCUT2D eigenvalue weighted by molar-refractivity contribution is 0.0782. The number of hydrogen-bond acceptors (Lipinski definition) is 2. The number of hydrogen-bond donors (Lipinski definition) is 0. The van der Waals surface area contributed by atoms with E-state index in [1.165, 1.54) is 5.56 Å². The smallest absolute Gasteiger partial charge is 0.270 e. The van der Waals surface area contributed by atoms with Crippen LogP contribution in [0.15, 0.2) is 42.5 Å². The van der Waals surface area contributed by atoms with Crippen LogP contribution in [0.3, 0.4) is 0 Å². The molecule has 0 spiro atoms. The Labute approximate surface area is 138 Å². The normalized spacial score (nSPS) is 16.1. The van der Waals surface area contributed by atoms with Crippen molar-refractivity contribution in [3.05, 3.63) is 59.4 Å². The first-order valence-corrected chi connectivity index (χ1v) is 8.26. The first-order valence-electron chi connectivity index (χ1n) is 8.26. The summed E-state index contributed by atoms with van der Waals surface area (Å²) in [5, 5.41) is 0. The summed E-state index contributed by atoms with van der Waals surface area (Å²) in [6, 6.07) is 14.6. The summed E-state index contributed by atoms with van der Waals surface area (Å²) < 4.78 is 2.05. The quantitative estimate of drug-likeness (QED) is 0.868. The van der Waals surface area contributed by atoms with Gasteiger partial charge in [0.25, 0.3) is 5.91 Å². The summed E-state index contributed by atoms with van der Waals surface area (Å²) in [7, 11) is 6.15. The van der Waals surface area contributed by atoms with Crippen molar-refractivity contribution in [2.45, 2.75) is 18.9 Å². The average molecular weight is 311 g/mol. The first-order chi connectivity index (χ1) is 11.1. The van der Waals surface area contributed by atoms with Crippen molar-refractivity contribution in [3.8, 4) is 0 Å². The number of carbonyl (C=O) groups excluding carboxylic acids is 1. The molecule has 0 radical (unpaired) electrons. The first kappa shape index (κ1) is 15.8. The third-order valence-electron chi connectivity index (χ3n) is 4.68. The number of carbonyl (C=O) groups is 1. The molecule has 4 nitrogen and oxygen atoms in total. The second-order valence-electron chi connectivity index (χ2n) is 6.48. The van der Waals surface area contributed by atoms with E-state index in [9.17, 15) is 4.79 Å². The highest BCUT2D eigenvalue weighted by molar-refractivity contribution is 5.93. The van der Waals surface area contributed by atoms with Crippen molar-refractivity contribution in [2.75, 3.05) is 27.2 Å². The highest BCUT2D eigenvalue weighted by Crippen LogP contribution is 2.28. The lowest BCUT2D eigenvalue weighted by Crippen LogP contribution is -2.30. The van der Waals surface area contributed by atoms with Gasteiger partial charge in [0.05, 0.1) is 6.04 Å². The third kappa shape index (κ3) is 3.04. The lowest BCUT2D eigenvalue weighted by atomic mass is 10.0. The fourth-order valence-corrected chi connectivity index (χ4v) is 3.47. The molecule has 1 aliphatic heterocycles. The summed E-state index contributed by atoms with van der Waals surface area (Å²) in [6.07, 6.45) is 2.24. The molecule has 1 atom stereocenters. The van der Waals surface area contributed by atoms with Crippen molar-refractivity contribution in [3.63, 3.8) is 0 Å². The molecule has 1 saturated heterocycles. The molecule has 2 heterocycles. The Bertz CT molecular complexity index is 669. The van der Waals surface area contributed by atoms with E-state index in [0.717, 1.165) is 37.3 Å². The zero-order valence-corrected chi connectivity index (χ0v) is 14.2. The Morgan fingerprint density at radius 3 is 2.30 bits per heavy atom. The van der Waals surface area contributed by atoms with Crippen molar-refractivity contribution < 1.29 is 4.79 Å². The monoisotopic (exact) mass is 311 g/mol. The molecule has 122 valence electrons. The van der Waals surface area contributed by atoms with Gasteiger partial charge < -0.3 is 9.47 Å². The minimum atomic E-state index is 0.140. The van der Waals surface area contributed by atoms with Crippen LogP contribution in [0.5, 0.6) is 0 Å². The molecular weight excluding hydrogens is 286 g/mol. The Hall–Kier alpha value is -2.07. The molecule has 0 N–H and O–H groups in total. The highest BCUT2D eigenvalue weighted by Gasteiger charge is 2.25. The molecule has 23 heavy (non-hydrogen) atoms. The lowest BCUT2D eigenvalue weighted by Gasteiger charge is -2.26. The number of nitrogens with zero attached hydrogens (tertiary/aromatic N) is 3. The van der Waals surface area contributed by atoms with E-state index in [1.807, 2.05) is 24.1 Å². The SMILES string of the molecule is CN(C)C(c1ccccc1)c1ccc(C(=O)N2CCCC2)n1C. The summed E-state index contributed by atoms with van der Waals surface area (Å²) in [4.78, 5) is 16.9. The van der Waals surface area contributed by atoms with Crippen LogP contribution in [-0.2, 0) is 7.05 Å². The predicted octanol–water partition coefficient (Wildman–Crippen LogP) is 2.91. The molecule has 4 heteroatoms. The summed E-state index contributed by atoms with van der Waals surface area (Å²) >= 11 is 0. The van der Waals surface area contributed by atoms with Crippen molar-refractivity contribution in [1.29, 1.82) is 0 Å². The van der Waals surface area contributed by atoms with Gasteiger partial charge in [-0.2, -0.15) is 0 Å². The van der Waals surface area contributed by atoms with E-state index in [2.05, 4.69) is 53.9 Å². The Balaban J connectivity index is 1.94. The van der Waals surface area contributed by atoms with E-state index in [-0.39, 0.29) is 11.9 Å². The molecule has 1 aromatic carbocycles. The van der Waals surface area contributed by atoms with Crippen LogP contribution in [0.4, 0.5) is 0 Å². The van der Waals surface area contributed by atoms with E-state index < -0.39 is 0 Å². The zero-order chi connectivity index (χ0) is 16.4. The molecule has 0 saturated carbocycles. The van der Waals surface area contributed by atoms with Gasteiger partial charge in [-0.25, -0.2) is 0 Å². The Morgan fingerprint density at radius 2 is 1.70 bits per heavy atom. The molecule has 1 amide bonds. The molecule has 1 aliphatic rings. The van der Waals surface area contributed by atoms with Crippen molar-refractivity contribution >= 4 is 5.91 Å². The molecule has 3 rings (SSSR count). The topological polar surface area (TPSA) is 28.5 Å². The fraction of sp³-hybridized carbons (Fsp3) is 0.421. The minimum absolute atomic E-state index is 0.140. The van der Waals surface area contributed by atoms with Gasteiger partial charge in [-0.3, -0.25) is 9.69 Å². The molecule has 1 fully saturated rings. The van der Waals surface area contributed by atoms with Gasteiger partial charge in [0.1, 0.15) is 5.69 Å². The maximum atomic E-state index is 12.7. The van der Waals surface area contributed by atoms with Gasteiger partial charge in [-0.05, 0) is 44.6 Å². The van der Waals surface area contributed by atoms with Crippen LogP contribution in [0.2, 0.25) is 0 Å². The van der Waals surface area contributed by atoms with Crippen LogP contribution in [-0.4, -0.2) is 47.5 Å². The predicted molar refractivity (Wildman–Crippen MR) is 92.5 cm³/mol. The number of amides is 1. The van der Waals surface area contributed by atoms with Crippen LogP contribution in [0.1, 0.15) is 40.6 Å². The number of aromatic nitrogens is 1. The molecular formula is C19H25N3O. The van der Waals surface area contributed by atoms with Crippen molar-refractivity contribution in [1.82, 2.24) is 14.4 Å². The summed E-state index contributed by atoms with van der Waals surface area (Å²) in [5.74, 6) is 0.154. The van der Waals surface area contributed by atoms with Gasteiger partial charge >= 0.3 is 0 Å². The van der Waals surface area contributed by atoms with E-state index in [0.29, 0.717) is 0 Å². The minimum Gasteiger partial charge on any atom is -0.342 e. The van der Waals surface area contributed by atoms with Crippen LogP contribution in [0, 0.1) is 0 Å². The molecule has 0 aliphatic carbocycles. The molecule has 1 aromatic heterocycles. The Kier molecular flexibility index (Phi) is 4.53. The van der Waals surface area contributed by atoms with Gasteiger partial charge in [-0.1, -0.05) is 30.3 Å². The molecule has 1 unspecified atom stereocenters. The van der Waals surface area contributed by atoms with Gasteiger partial charge in [0.15, 0.2) is 0 Å². The van der Waals surface area contributed by atoms with Gasteiger partial charge in [-0.15, -0.1) is 0 Å². The number of likely N-dealkylation sites (tertiary alicyclic amines) is 1. The van der Waals surface area contributed by atoms with Crippen LogP contribution >= 0.6 is 0 Å². The van der Waals surface area contributed by atoms with Crippen molar-refractivity contribution in [2.24, 2.45) is 7.05 Å². The van der Waals surface area contributed by atoms with E-state index in [4.69, 9.17) is 0 Å². The zero-order valence-electron chi connectivity index (χ0n) is 14.2. The van der Waals surface area contributed by atoms with Crippen LogP contribution < -0.4 is 0 Å². The number of benzene rings is 1. The third-order valence-corrected chi connectivity index (χ3v) is 4.68. The maximum absolute atomic E-state index is 12.7. The summed E-state index contributed by atoms with van der Waals surface area (Å²) in [6.45, 7) is 1.77. The Morgan fingerprint density at radius 1 is 1.04 bits per heavy atom. The van der Waals surface area contributed by atoms with Crippen LogP contribution in [0.25, 0.3) is 0 Å². The summed E-state index contributed by atoms with van der Waals surface area (Å²) in [5.41, 5.74) is 3.16. The molecule has 2 aromatic rings. The van der Waals surface area contributed by atoms with E-state index in [1.54, 1.807) is 0 Å². The average Bonchev–Trinajstić information content (AvgIpc) is 3.19. The van der Waals surface area contributed by atoms with Gasteiger partial charge in [0.2, 0.25) is 0 Å². The maximum Gasteiger partial charge on any atom is 0.270 e. The molecule has 0 bridgehead atoms. The highest BCUT2D eigenvalue weighted by atomic mass is 16.2. The van der Waals surface area contributed by atoms with Gasteiger partial charge in [0, 0.05) is 25.8 Å². The fourth-order valence-electron chi connectivity index (χ4n) is 3.47. The standard InChI is InChI=1S/C19H25N3O/c1-20(2)18(15-9-5-4-6-10-15)16-11-12-17(21(16)3)19(23)22-13-7-8-14-22/h4-6,9-12,18H,7-8,13-14H2,1-3H3. The second kappa shape index (κ2) is 6.59. The second-order valence-corrected chi connectivity index (χ2v) is 6.48.